The molecule has 0 bridgehead atoms. The molecule has 0 fully saturated rings. The molecule has 2 N–H and O–H groups in total. The fourth-order valence-electron chi connectivity index (χ4n) is 1.12. The first-order chi connectivity index (χ1) is 8.47. The number of thiocarbonyl (C=S) groups is 1. The molecule has 6 heteroatoms. The molecule has 0 aromatic carbocycles. The van der Waals surface area contributed by atoms with Crippen molar-refractivity contribution in [1.29, 1.82) is 0 Å². The van der Waals surface area contributed by atoms with Gasteiger partial charge in [-0.15, -0.1) is 0 Å². The highest BCUT2D eigenvalue weighted by molar-refractivity contribution is 7.80. The van der Waals surface area contributed by atoms with Crippen LogP contribution in [0, 0.1) is 12.8 Å². The zero-order chi connectivity index (χ0) is 13.5. The average Bonchev–Trinajstić information content (AvgIpc) is 2.26. The van der Waals surface area contributed by atoms with E-state index in [2.05, 4.69) is 15.6 Å². The Balaban J connectivity index is 2.40. The Kier molecular flexibility index (Phi) is 5.51. The Labute approximate surface area is 112 Å². The normalized spacial score (nSPS) is 10.0. The lowest BCUT2D eigenvalue weighted by Crippen LogP contribution is -2.35. The number of pyridine rings is 1. The van der Waals surface area contributed by atoms with Crippen LogP contribution in [0.3, 0.4) is 0 Å². The van der Waals surface area contributed by atoms with Crippen molar-refractivity contribution in [1.82, 2.24) is 10.3 Å². The van der Waals surface area contributed by atoms with Crippen LogP contribution in [0.25, 0.3) is 0 Å². The fraction of sp³-hybridized carbons (Fsp3) is 0.417. The molecule has 0 aliphatic heterocycles. The number of rotatable bonds is 3. The summed E-state index contributed by atoms with van der Waals surface area (Å²) < 4.78 is 4.94. The van der Waals surface area contributed by atoms with Gasteiger partial charge in [0.1, 0.15) is 5.82 Å². The van der Waals surface area contributed by atoms with Crippen LogP contribution < -0.4 is 10.6 Å². The monoisotopic (exact) mass is 267 g/mol. The number of aryl methyl sites for hydroxylation is 1. The Morgan fingerprint density at radius 3 is 2.89 bits per heavy atom. The van der Waals surface area contributed by atoms with Gasteiger partial charge in [0.2, 0.25) is 0 Å². The second kappa shape index (κ2) is 6.90. The zero-order valence-corrected chi connectivity index (χ0v) is 11.5. The number of nitrogens with zero attached hydrogens (tertiary/aromatic N) is 1. The van der Waals surface area contributed by atoms with Gasteiger partial charge in [0.25, 0.3) is 0 Å². The Morgan fingerprint density at radius 2 is 2.28 bits per heavy atom. The molecule has 1 heterocycles. The van der Waals surface area contributed by atoms with E-state index >= 15 is 0 Å². The van der Waals surface area contributed by atoms with Crippen molar-refractivity contribution in [3.05, 3.63) is 23.9 Å². The first-order valence-corrected chi connectivity index (χ1v) is 6.05. The Hall–Kier alpha value is -1.69. The molecule has 1 amide bonds. The zero-order valence-electron chi connectivity index (χ0n) is 10.7. The minimum atomic E-state index is -0.561. The van der Waals surface area contributed by atoms with Crippen LogP contribution in [0.4, 0.5) is 10.6 Å². The predicted molar refractivity (Wildman–Crippen MR) is 74.5 cm³/mol. The molecule has 0 atom stereocenters. The van der Waals surface area contributed by atoms with E-state index in [1.165, 1.54) is 0 Å². The first-order valence-electron chi connectivity index (χ1n) is 5.65. The number of anilines is 1. The summed E-state index contributed by atoms with van der Waals surface area (Å²) in [6, 6.07) is 3.70. The summed E-state index contributed by atoms with van der Waals surface area (Å²) in [4.78, 5) is 15.4. The lowest BCUT2D eigenvalue weighted by molar-refractivity contribution is 0.138. The van der Waals surface area contributed by atoms with Crippen molar-refractivity contribution in [3.63, 3.8) is 0 Å². The number of carbonyl (C=O) groups excluding carboxylic acids is 1. The average molecular weight is 267 g/mol. The molecule has 1 aromatic heterocycles. The number of nitrogens with one attached hydrogen (secondary N) is 2. The third-order valence-corrected chi connectivity index (χ3v) is 2.12. The van der Waals surface area contributed by atoms with Gasteiger partial charge in [-0.2, -0.15) is 0 Å². The maximum absolute atomic E-state index is 11.3. The lowest BCUT2D eigenvalue weighted by Gasteiger charge is -2.10. The fourth-order valence-corrected chi connectivity index (χ4v) is 1.31. The van der Waals surface area contributed by atoms with Crippen LogP contribution in [0.15, 0.2) is 18.3 Å². The van der Waals surface area contributed by atoms with E-state index in [-0.39, 0.29) is 11.0 Å². The molecule has 1 rings (SSSR count). The van der Waals surface area contributed by atoms with E-state index in [1.807, 2.05) is 32.9 Å². The smallest absolute Gasteiger partial charge is 0.413 e. The van der Waals surface area contributed by atoms with E-state index < -0.39 is 6.09 Å². The molecule has 0 spiro atoms. The minimum absolute atomic E-state index is 0.168. The van der Waals surface area contributed by atoms with E-state index in [1.54, 1.807) is 6.20 Å². The number of carbonyl (C=O) groups is 1. The van der Waals surface area contributed by atoms with Crippen molar-refractivity contribution in [3.8, 4) is 0 Å². The number of amides is 1. The summed E-state index contributed by atoms with van der Waals surface area (Å²) in [5.74, 6) is 0.875. The summed E-state index contributed by atoms with van der Waals surface area (Å²) in [6.45, 7) is 6.22. The molecule has 5 nitrogen and oxygen atoms in total. The SMILES string of the molecule is Cc1ccnc(NC(=S)NC(=O)OCC(C)C)c1. The standard InChI is InChI=1S/C12H17N3O2S/c1-8(2)7-17-12(16)15-11(18)14-10-6-9(3)4-5-13-10/h4-6,8H,7H2,1-3H3,(H2,13,14,15,16,18). The molecular weight excluding hydrogens is 250 g/mol. The van der Waals surface area contributed by atoms with E-state index in [9.17, 15) is 4.79 Å². The number of hydrogen-bond acceptors (Lipinski definition) is 4. The van der Waals surface area contributed by atoms with Crippen LogP contribution in [0.5, 0.6) is 0 Å². The summed E-state index contributed by atoms with van der Waals surface area (Å²) in [5.41, 5.74) is 1.05. The van der Waals surface area contributed by atoms with Gasteiger partial charge in [0.05, 0.1) is 6.61 Å². The quantitative estimate of drug-likeness (QED) is 0.824. The Bertz CT molecular complexity index is 435. The van der Waals surface area contributed by atoms with Gasteiger partial charge < -0.3 is 10.1 Å². The molecule has 0 saturated carbocycles. The Morgan fingerprint density at radius 1 is 1.56 bits per heavy atom. The molecule has 18 heavy (non-hydrogen) atoms. The van der Waals surface area contributed by atoms with Crippen molar-refractivity contribution in [2.75, 3.05) is 11.9 Å². The van der Waals surface area contributed by atoms with E-state index in [4.69, 9.17) is 17.0 Å². The predicted octanol–water partition coefficient (Wildman–Crippen LogP) is 2.47. The van der Waals surface area contributed by atoms with Gasteiger partial charge in [-0.05, 0) is 42.8 Å². The lowest BCUT2D eigenvalue weighted by atomic mass is 10.2. The molecule has 0 radical (unpaired) electrons. The van der Waals surface area contributed by atoms with Crippen molar-refractivity contribution >= 4 is 29.2 Å². The van der Waals surface area contributed by atoms with Crippen molar-refractivity contribution in [2.45, 2.75) is 20.8 Å². The van der Waals surface area contributed by atoms with Gasteiger partial charge >= 0.3 is 6.09 Å². The van der Waals surface area contributed by atoms with Crippen molar-refractivity contribution < 1.29 is 9.53 Å². The van der Waals surface area contributed by atoms with Gasteiger partial charge in [-0.1, -0.05) is 13.8 Å². The largest absolute Gasteiger partial charge is 0.449 e. The van der Waals surface area contributed by atoms with Gasteiger partial charge in [0, 0.05) is 6.20 Å². The number of aromatic nitrogens is 1. The highest BCUT2D eigenvalue weighted by Crippen LogP contribution is 2.04. The minimum Gasteiger partial charge on any atom is -0.449 e. The van der Waals surface area contributed by atoms with E-state index in [0.29, 0.717) is 12.4 Å². The molecule has 0 unspecified atom stereocenters. The van der Waals surface area contributed by atoms with Crippen LogP contribution >= 0.6 is 12.2 Å². The van der Waals surface area contributed by atoms with Crippen LogP contribution in [-0.4, -0.2) is 22.8 Å². The summed E-state index contributed by atoms with van der Waals surface area (Å²) in [5, 5.41) is 5.40. The highest BCUT2D eigenvalue weighted by Gasteiger charge is 2.07. The maximum atomic E-state index is 11.3. The summed E-state index contributed by atoms with van der Waals surface area (Å²) >= 11 is 4.97. The first kappa shape index (κ1) is 14.4. The van der Waals surface area contributed by atoms with Crippen molar-refractivity contribution in [2.24, 2.45) is 5.92 Å². The number of ether oxygens (including phenoxy) is 1. The maximum Gasteiger partial charge on any atom is 0.413 e. The molecule has 1 aromatic rings. The molecule has 98 valence electrons. The summed E-state index contributed by atoms with van der Waals surface area (Å²) in [7, 11) is 0. The third kappa shape index (κ3) is 5.58. The molecule has 0 saturated heterocycles. The molecule has 0 aliphatic carbocycles. The van der Waals surface area contributed by atoms with Gasteiger partial charge in [-0.25, -0.2) is 9.78 Å². The second-order valence-corrected chi connectivity index (χ2v) is 4.70. The number of hydrogen-bond donors (Lipinski definition) is 2. The third-order valence-electron chi connectivity index (χ3n) is 1.92. The second-order valence-electron chi connectivity index (χ2n) is 4.29. The molecule has 0 aliphatic rings. The van der Waals surface area contributed by atoms with E-state index in [0.717, 1.165) is 5.56 Å². The number of alkyl carbamates (subject to hydrolysis) is 1. The summed E-state index contributed by atoms with van der Waals surface area (Å²) in [6.07, 6.45) is 1.10. The van der Waals surface area contributed by atoms with Gasteiger partial charge in [0.15, 0.2) is 5.11 Å². The topological polar surface area (TPSA) is 63.2 Å². The highest BCUT2D eigenvalue weighted by atomic mass is 32.1. The molecular formula is C12H17N3O2S. The van der Waals surface area contributed by atoms with Crippen LogP contribution in [0.2, 0.25) is 0 Å². The van der Waals surface area contributed by atoms with Gasteiger partial charge in [-0.3, -0.25) is 5.32 Å². The van der Waals surface area contributed by atoms with Crippen LogP contribution in [-0.2, 0) is 4.74 Å². The van der Waals surface area contributed by atoms with Crippen LogP contribution in [0.1, 0.15) is 19.4 Å².